The monoisotopic (exact) mass is 354 g/mol. The zero-order valence-corrected chi connectivity index (χ0v) is 14.3. The second-order valence-corrected chi connectivity index (χ2v) is 6.88. The average Bonchev–Trinajstić information content (AvgIpc) is 2.74. The molecule has 0 bridgehead atoms. The van der Waals surface area contributed by atoms with Crippen LogP contribution in [0.2, 0.25) is 0 Å². The average molecular weight is 355 g/mol. The van der Waals surface area contributed by atoms with Gasteiger partial charge in [-0.1, -0.05) is 13.8 Å². The molecule has 0 fully saturated rings. The fraction of sp³-hybridized carbons (Fsp3) is 0.600. The van der Waals surface area contributed by atoms with E-state index in [2.05, 4.69) is 34.3 Å². The van der Waals surface area contributed by atoms with E-state index in [1.807, 2.05) is 0 Å². The highest BCUT2D eigenvalue weighted by atomic mass is 79.9. The van der Waals surface area contributed by atoms with Crippen molar-refractivity contribution in [3.05, 3.63) is 26.1 Å². The molecule has 3 heterocycles. The van der Waals surface area contributed by atoms with Crippen LogP contribution in [0.25, 0.3) is 0 Å². The molecule has 0 saturated carbocycles. The van der Waals surface area contributed by atoms with Crippen LogP contribution in [0.4, 0.5) is 0 Å². The molecular formula is C15H19BrN2O3. The third-order valence-corrected chi connectivity index (χ3v) is 5.65. The largest absolute Gasteiger partial charge is 0.491 e. The molecule has 1 aromatic heterocycles. The maximum absolute atomic E-state index is 12.6. The third-order valence-electron chi connectivity index (χ3n) is 4.88. The summed E-state index contributed by atoms with van der Waals surface area (Å²) in [6.45, 7) is 4.92. The summed E-state index contributed by atoms with van der Waals surface area (Å²) in [4.78, 5) is 26.8. The van der Waals surface area contributed by atoms with Crippen molar-refractivity contribution in [2.45, 2.75) is 38.1 Å². The van der Waals surface area contributed by atoms with E-state index in [0.717, 1.165) is 18.5 Å². The highest BCUT2D eigenvalue weighted by Gasteiger charge is 2.50. The first kappa shape index (κ1) is 14.6. The highest BCUT2D eigenvalue weighted by molar-refractivity contribution is 9.10. The minimum absolute atomic E-state index is 0.143. The second kappa shape index (κ2) is 4.60. The number of hydrogen-bond acceptors (Lipinski definition) is 3. The van der Waals surface area contributed by atoms with Gasteiger partial charge in [-0.2, -0.15) is 0 Å². The van der Waals surface area contributed by atoms with Crippen molar-refractivity contribution >= 4 is 21.8 Å². The Morgan fingerprint density at radius 2 is 2.10 bits per heavy atom. The standard InChI is InChI=1S/C15H19BrN2O3/c1-5-15-6-8(2)10-9(16)12(19)13(21-4)11(18(10)15)14(20)17(3)7-15/h8H,5-7H2,1-4H3. The molecule has 0 saturated heterocycles. The van der Waals surface area contributed by atoms with Gasteiger partial charge in [0.25, 0.3) is 5.91 Å². The molecule has 21 heavy (non-hydrogen) atoms. The van der Waals surface area contributed by atoms with Crippen LogP contribution in [0.15, 0.2) is 9.27 Å². The number of carbonyl (C=O) groups excluding carboxylic acids is 1. The van der Waals surface area contributed by atoms with Crippen molar-refractivity contribution < 1.29 is 9.53 Å². The lowest BCUT2D eigenvalue weighted by atomic mass is 9.87. The van der Waals surface area contributed by atoms with E-state index in [-0.39, 0.29) is 28.5 Å². The molecule has 3 rings (SSSR count). The van der Waals surface area contributed by atoms with E-state index < -0.39 is 0 Å². The van der Waals surface area contributed by atoms with Gasteiger partial charge in [0.05, 0.1) is 17.1 Å². The van der Waals surface area contributed by atoms with Gasteiger partial charge in [0.15, 0.2) is 11.4 Å². The summed E-state index contributed by atoms with van der Waals surface area (Å²) in [5, 5.41) is 0. The van der Waals surface area contributed by atoms with Gasteiger partial charge < -0.3 is 14.2 Å². The summed E-state index contributed by atoms with van der Waals surface area (Å²) < 4.78 is 7.89. The van der Waals surface area contributed by atoms with Crippen LogP contribution < -0.4 is 10.2 Å². The number of hydrogen-bond donors (Lipinski definition) is 0. The Kier molecular flexibility index (Phi) is 3.20. The lowest BCUT2D eigenvalue weighted by Gasteiger charge is -2.42. The van der Waals surface area contributed by atoms with Gasteiger partial charge in [-0.25, -0.2) is 0 Å². The maximum atomic E-state index is 12.6. The van der Waals surface area contributed by atoms with E-state index in [0.29, 0.717) is 16.7 Å². The van der Waals surface area contributed by atoms with Gasteiger partial charge >= 0.3 is 0 Å². The fourth-order valence-electron chi connectivity index (χ4n) is 3.96. The van der Waals surface area contributed by atoms with Gasteiger partial charge in [-0.05, 0) is 34.7 Å². The van der Waals surface area contributed by atoms with E-state index in [1.54, 1.807) is 11.9 Å². The smallest absolute Gasteiger partial charge is 0.274 e. The van der Waals surface area contributed by atoms with Gasteiger partial charge in [0.2, 0.25) is 5.43 Å². The highest BCUT2D eigenvalue weighted by Crippen LogP contribution is 2.49. The zero-order valence-electron chi connectivity index (χ0n) is 12.7. The van der Waals surface area contributed by atoms with Crippen molar-refractivity contribution in [1.82, 2.24) is 9.47 Å². The van der Waals surface area contributed by atoms with Gasteiger partial charge in [-0.15, -0.1) is 0 Å². The van der Waals surface area contributed by atoms with Crippen LogP contribution in [-0.4, -0.2) is 36.1 Å². The van der Waals surface area contributed by atoms with Crippen LogP contribution in [0.1, 0.15) is 48.8 Å². The molecule has 2 atom stereocenters. The molecule has 1 aromatic rings. The number of aromatic nitrogens is 1. The molecule has 1 amide bonds. The molecule has 0 radical (unpaired) electrons. The van der Waals surface area contributed by atoms with Crippen molar-refractivity contribution in [3.8, 4) is 5.75 Å². The lowest BCUT2D eigenvalue weighted by Crippen LogP contribution is -2.51. The molecular weight excluding hydrogens is 336 g/mol. The van der Waals surface area contributed by atoms with Gasteiger partial charge in [0.1, 0.15) is 0 Å². The Labute approximate surface area is 132 Å². The number of ether oxygens (including phenoxy) is 1. The predicted molar refractivity (Wildman–Crippen MR) is 83.2 cm³/mol. The quantitative estimate of drug-likeness (QED) is 0.818. The summed E-state index contributed by atoms with van der Waals surface area (Å²) in [6.07, 6.45) is 1.84. The van der Waals surface area contributed by atoms with Gasteiger partial charge in [0, 0.05) is 19.3 Å². The summed E-state index contributed by atoms with van der Waals surface area (Å²) in [5.74, 6) is 0.237. The Hall–Kier alpha value is -1.30. The van der Waals surface area contributed by atoms with Crippen molar-refractivity contribution in [2.75, 3.05) is 20.7 Å². The van der Waals surface area contributed by atoms with Crippen molar-refractivity contribution in [2.24, 2.45) is 0 Å². The van der Waals surface area contributed by atoms with Gasteiger partial charge in [-0.3, -0.25) is 9.59 Å². The van der Waals surface area contributed by atoms with Crippen molar-refractivity contribution in [1.29, 1.82) is 0 Å². The Morgan fingerprint density at radius 3 is 2.67 bits per heavy atom. The second-order valence-electron chi connectivity index (χ2n) is 6.09. The minimum Gasteiger partial charge on any atom is -0.491 e. The van der Waals surface area contributed by atoms with E-state index in [4.69, 9.17) is 4.74 Å². The fourth-order valence-corrected chi connectivity index (χ4v) is 4.70. The minimum atomic E-state index is -0.235. The number of carbonyl (C=O) groups is 1. The first-order chi connectivity index (χ1) is 9.88. The third kappa shape index (κ3) is 1.68. The molecule has 2 aliphatic rings. The number of pyridine rings is 1. The molecule has 0 aliphatic carbocycles. The molecule has 0 N–H and O–H groups in total. The maximum Gasteiger partial charge on any atom is 0.274 e. The summed E-state index contributed by atoms with van der Waals surface area (Å²) in [6, 6.07) is 0. The normalized spacial score (nSPS) is 27.0. The summed E-state index contributed by atoms with van der Waals surface area (Å²) in [7, 11) is 3.23. The number of amides is 1. The Morgan fingerprint density at radius 1 is 1.43 bits per heavy atom. The zero-order chi connectivity index (χ0) is 15.5. The summed E-state index contributed by atoms with van der Waals surface area (Å²) in [5.41, 5.74) is 0.955. The molecule has 114 valence electrons. The van der Waals surface area contributed by atoms with Crippen LogP contribution in [0.3, 0.4) is 0 Å². The SMILES string of the molecule is CCC12CC(C)c3c(Br)c(=O)c(OC)c(n31)C(=O)N(C)C2. The number of halogens is 1. The molecule has 0 aromatic carbocycles. The number of methoxy groups -OCH3 is 1. The van der Waals surface area contributed by atoms with Crippen LogP contribution in [0, 0.1) is 0 Å². The van der Waals surface area contributed by atoms with Crippen molar-refractivity contribution in [3.63, 3.8) is 0 Å². The summed E-state index contributed by atoms with van der Waals surface area (Å²) >= 11 is 3.43. The van der Waals surface area contributed by atoms with Crippen LogP contribution in [-0.2, 0) is 5.54 Å². The molecule has 0 spiro atoms. The number of likely N-dealkylation sites (N-methyl/N-ethyl adjacent to an activating group) is 1. The topological polar surface area (TPSA) is 51.5 Å². The number of nitrogens with zero attached hydrogens (tertiary/aromatic N) is 2. The van der Waals surface area contributed by atoms with E-state index in [1.165, 1.54) is 7.11 Å². The first-order valence-electron chi connectivity index (χ1n) is 7.16. The van der Waals surface area contributed by atoms with Crippen LogP contribution in [0.5, 0.6) is 5.75 Å². The molecule has 5 nitrogen and oxygen atoms in total. The Bertz CT molecular complexity index is 697. The first-order valence-corrected chi connectivity index (χ1v) is 7.95. The number of rotatable bonds is 2. The Balaban J connectivity index is 2.48. The molecule has 6 heteroatoms. The van der Waals surface area contributed by atoms with E-state index in [9.17, 15) is 9.59 Å². The molecule has 2 aliphatic heterocycles. The van der Waals surface area contributed by atoms with Crippen LogP contribution >= 0.6 is 15.9 Å². The van der Waals surface area contributed by atoms with E-state index >= 15 is 0 Å². The molecule has 2 unspecified atom stereocenters. The lowest BCUT2D eigenvalue weighted by molar-refractivity contribution is 0.0604. The predicted octanol–water partition coefficient (Wildman–Crippen LogP) is 2.32.